The Kier molecular flexibility index (Phi) is 47.0. The highest BCUT2D eigenvalue weighted by atomic mass is 16.8. The van der Waals surface area contributed by atoms with Crippen molar-refractivity contribution in [1.29, 1.82) is 0 Å². The number of carbonyl (C=O) groups excluding carboxylic acids is 3. The molecule has 34 nitrogen and oxygen atoms in total. The maximum absolute atomic E-state index is 13.8. The lowest BCUT2D eigenvalue weighted by molar-refractivity contribution is -0.403. The zero-order valence-corrected chi connectivity index (χ0v) is 65.6. The third kappa shape index (κ3) is 31.4. The number of nitrogens with one attached hydrogen (secondary N) is 3. The van der Waals surface area contributed by atoms with E-state index in [1.807, 2.05) is 6.08 Å². The molecule has 648 valence electrons. The van der Waals surface area contributed by atoms with Crippen molar-refractivity contribution in [3.8, 4) is 0 Å². The molecule has 3 amide bonds. The molecule has 111 heavy (non-hydrogen) atoms. The highest BCUT2D eigenvalue weighted by molar-refractivity contribution is 5.77. The number of unbranched alkanes of at least 4 members (excludes halogenated alkanes) is 29. The lowest BCUT2D eigenvalue weighted by Gasteiger charge is -2.52. The lowest BCUT2D eigenvalue weighted by Crippen LogP contribution is -2.72. The molecule has 0 bridgehead atoms. The van der Waals surface area contributed by atoms with E-state index in [0.29, 0.717) is 12.8 Å². The Bertz CT molecular complexity index is 2570. The van der Waals surface area contributed by atoms with Crippen LogP contribution in [-0.4, -0.2) is 321 Å². The molecule has 0 aliphatic carbocycles. The van der Waals surface area contributed by atoms with Crippen LogP contribution < -0.4 is 16.0 Å². The van der Waals surface area contributed by atoms with E-state index in [1.165, 1.54) is 128 Å². The molecule has 34 heteroatoms. The summed E-state index contributed by atoms with van der Waals surface area (Å²) in [6.45, 7) is 0.352. The number of ether oxygens (including phenoxy) is 10. The highest BCUT2D eigenvalue weighted by Crippen LogP contribution is 2.41. The summed E-state index contributed by atoms with van der Waals surface area (Å²) in [5.74, 6) is -7.70. The largest absolute Gasteiger partial charge is 0.477 e. The number of aliphatic carboxylic acids is 1. The summed E-state index contributed by atoms with van der Waals surface area (Å²) in [4.78, 5) is 53.1. The van der Waals surface area contributed by atoms with Gasteiger partial charge < -0.3 is 150 Å². The SMILES string of the molecule is CCCCCCCCCCCCCCCC=CC(O)C(COC1OC(CO)C(OC2OC(CO)C(OC3OC(CO)C(O)C(OC4OC(CO)C(O)C(O)C4O)C3NC(C)=O)C(OC3(C(=O)O)CC(O)C(NC(C)=O)C(C(O)C(O)CO)O3)C2O)C(O)C1O)NC(=O)CCCCCCCCCCCCCCCCCCC. The van der Waals surface area contributed by atoms with Gasteiger partial charge in [-0.05, 0) is 19.3 Å². The molecular weight excluding hydrogens is 1460 g/mol. The van der Waals surface area contributed by atoms with Crippen LogP contribution in [0, 0.1) is 0 Å². The van der Waals surface area contributed by atoms with Crippen LogP contribution >= 0.6 is 0 Å². The van der Waals surface area contributed by atoms with Gasteiger partial charge in [-0.25, -0.2) is 4.79 Å². The number of carbonyl (C=O) groups is 4. The molecule has 28 unspecified atom stereocenters. The van der Waals surface area contributed by atoms with Crippen molar-refractivity contribution in [3.05, 3.63) is 12.2 Å². The molecule has 0 aromatic rings. The molecule has 0 saturated carbocycles. The van der Waals surface area contributed by atoms with Gasteiger partial charge >= 0.3 is 5.97 Å². The highest BCUT2D eigenvalue weighted by Gasteiger charge is 2.62. The molecule has 0 aromatic heterocycles. The predicted octanol–water partition coefficient (Wildman–Crippen LogP) is 0.518. The molecule has 28 atom stereocenters. The summed E-state index contributed by atoms with van der Waals surface area (Å²) in [7, 11) is 0. The van der Waals surface area contributed by atoms with Crippen LogP contribution in [0.4, 0.5) is 0 Å². The summed E-state index contributed by atoms with van der Waals surface area (Å²) in [6.07, 6.45) is -11.3. The van der Waals surface area contributed by atoms with Gasteiger partial charge in [-0.2, -0.15) is 0 Å². The normalized spacial score (nSPS) is 33.8. The van der Waals surface area contributed by atoms with Crippen molar-refractivity contribution >= 4 is 23.7 Å². The second kappa shape index (κ2) is 53.1. The number of hydrogen-bond donors (Lipinski definition) is 20. The first-order valence-electron chi connectivity index (χ1n) is 41.1. The maximum atomic E-state index is 13.8. The Balaban J connectivity index is 1.37. The average molecular weight is 1600 g/mol. The van der Waals surface area contributed by atoms with Crippen molar-refractivity contribution in [3.63, 3.8) is 0 Å². The molecule has 5 fully saturated rings. The monoisotopic (exact) mass is 1600 g/mol. The zero-order chi connectivity index (χ0) is 81.6. The summed E-state index contributed by atoms with van der Waals surface area (Å²) in [5, 5.41) is 197. The molecule has 5 aliphatic rings. The first-order chi connectivity index (χ1) is 53.3. The van der Waals surface area contributed by atoms with Crippen LogP contribution in [-0.2, 0) is 66.5 Å². The van der Waals surface area contributed by atoms with Gasteiger partial charge in [0, 0.05) is 26.7 Å². The number of aliphatic hydroxyl groups excluding tert-OH is 16. The van der Waals surface area contributed by atoms with E-state index in [2.05, 4.69) is 29.8 Å². The standard InChI is InChI=1S/C77H139N3O31/c1-5-7-9-11-13-15-17-19-21-22-24-26-28-30-32-34-36-38-56(91)80-48(49(88)37-35-33-31-29-27-25-23-20-18-16-14-12-10-8-6-2)45-102-73-65(98)63(96)67(54(43-84)105-73)107-75-66(99)71(111-77(76(100)101)39-50(89)57(78-46(3)86)70(110-77)59(92)51(90)40-81)68(55(44-85)106-75)108-72-58(79-47(4)87)69(61(94)53(42-83)103-72)109-74-64(97)62(95)60(93)52(41-82)104-74/h35,37,48-55,57-75,81-85,88-90,92-99H,5-34,36,38-45H2,1-4H3,(H,78,86)(H,79,87)(H,80,91)(H,100,101). The van der Waals surface area contributed by atoms with Crippen molar-refractivity contribution < 1.29 is 153 Å². The summed E-state index contributed by atoms with van der Waals surface area (Å²) in [5.41, 5.74) is 0. The van der Waals surface area contributed by atoms with Crippen molar-refractivity contribution in [2.75, 3.05) is 39.6 Å². The van der Waals surface area contributed by atoms with Gasteiger partial charge in [-0.1, -0.05) is 206 Å². The van der Waals surface area contributed by atoms with E-state index in [1.54, 1.807) is 6.08 Å². The fourth-order valence-electron chi connectivity index (χ4n) is 15.0. The number of rotatable bonds is 56. The minimum atomic E-state index is -3.38. The van der Waals surface area contributed by atoms with Crippen LogP contribution in [0.15, 0.2) is 12.2 Å². The summed E-state index contributed by atoms with van der Waals surface area (Å²) < 4.78 is 60.2. The van der Waals surface area contributed by atoms with Crippen molar-refractivity contribution in [2.24, 2.45) is 0 Å². The van der Waals surface area contributed by atoms with E-state index in [0.717, 1.165) is 71.6 Å². The number of hydrogen-bond acceptors (Lipinski definition) is 30. The van der Waals surface area contributed by atoms with E-state index in [9.17, 15) is 106 Å². The Morgan fingerprint density at radius 3 is 1.39 bits per heavy atom. The molecule has 5 aliphatic heterocycles. The summed E-state index contributed by atoms with van der Waals surface area (Å²) >= 11 is 0. The minimum absolute atomic E-state index is 0.135. The number of carboxylic acid groups (broad SMARTS) is 1. The Labute approximate surface area is 653 Å². The second-order valence-electron chi connectivity index (χ2n) is 30.7. The van der Waals surface area contributed by atoms with E-state index < -0.39 is 235 Å². The van der Waals surface area contributed by atoms with Gasteiger partial charge in [0.15, 0.2) is 25.2 Å². The molecule has 0 radical (unpaired) electrons. The van der Waals surface area contributed by atoms with Gasteiger partial charge in [-0.15, -0.1) is 0 Å². The first-order valence-corrected chi connectivity index (χ1v) is 41.1. The average Bonchev–Trinajstić information content (AvgIpc) is 0.749. The van der Waals surface area contributed by atoms with E-state index in [4.69, 9.17) is 47.4 Å². The van der Waals surface area contributed by atoms with E-state index in [-0.39, 0.29) is 12.3 Å². The van der Waals surface area contributed by atoms with Crippen LogP contribution in [0.25, 0.3) is 0 Å². The van der Waals surface area contributed by atoms with Gasteiger partial charge in [0.2, 0.25) is 17.7 Å². The fourth-order valence-corrected chi connectivity index (χ4v) is 15.0. The molecule has 0 aromatic carbocycles. The van der Waals surface area contributed by atoms with Gasteiger partial charge in [0.25, 0.3) is 5.79 Å². The van der Waals surface area contributed by atoms with Gasteiger partial charge in [-0.3, -0.25) is 14.4 Å². The van der Waals surface area contributed by atoms with Crippen LogP contribution in [0.1, 0.15) is 240 Å². The van der Waals surface area contributed by atoms with Crippen molar-refractivity contribution in [1.82, 2.24) is 16.0 Å². The van der Waals surface area contributed by atoms with Crippen LogP contribution in [0.2, 0.25) is 0 Å². The fraction of sp³-hybridized carbons (Fsp3) is 0.922. The Hall–Kier alpha value is -3.42. The number of carboxylic acids is 1. The minimum Gasteiger partial charge on any atom is -0.477 e. The molecule has 5 heterocycles. The van der Waals surface area contributed by atoms with Crippen molar-refractivity contribution in [2.45, 2.75) is 411 Å². The topological polar surface area (TPSA) is 541 Å². The number of amides is 3. The second-order valence-corrected chi connectivity index (χ2v) is 30.7. The quantitative estimate of drug-likeness (QED) is 0.0291. The third-order valence-corrected chi connectivity index (χ3v) is 21.6. The molecular formula is C77H139N3O31. The molecule has 5 rings (SSSR count). The third-order valence-electron chi connectivity index (χ3n) is 21.6. The van der Waals surface area contributed by atoms with Gasteiger partial charge in [0.1, 0.15) is 116 Å². The number of allylic oxidation sites excluding steroid dienone is 1. The number of aliphatic hydroxyl groups is 16. The molecule has 0 spiro atoms. The first kappa shape index (κ1) is 98.2. The maximum Gasteiger partial charge on any atom is 0.364 e. The molecule has 5 saturated heterocycles. The van der Waals surface area contributed by atoms with Crippen LogP contribution in [0.5, 0.6) is 0 Å². The van der Waals surface area contributed by atoms with Gasteiger partial charge in [0.05, 0.1) is 63.9 Å². The Morgan fingerprint density at radius 1 is 0.468 bits per heavy atom. The summed E-state index contributed by atoms with van der Waals surface area (Å²) in [6, 6.07) is -4.81. The zero-order valence-electron chi connectivity index (χ0n) is 65.6. The van der Waals surface area contributed by atoms with Crippen LogP contribution in [0.3, 0.4) is 0 Å². The predicted molar refractivity (Wildman–Crippen MR) is 397 cm³/mol. The van der Waals surface area contributed by atoms with E-state index >= 15 is 0 Å². The smallest absolute Gasteiger partial charge is 0.364 e. The lowest BCUT2D eigenvalue weighted by atomic mass is 9.88. The Morgan fingerprint density at radius 2 is 0.892 bits per heavy atom. The molecule has 20 N–H and O–H groups in total.